The quantitative estimate of drug-likeness (QED) is 0.143. The SMILES string of the molecule is Cl.Cl.[CH2]=[Zr]([C]1=CC=CC1)([c]1cc(C(C)(C)C)cc2c1Cc1ccc(C(C)(C)C)cc1-2)([CH](c1ccccc1)c1ccccc1)[CH](c1ccccc1)c1ccccc1. The Kier molecular flexibility index (Phi) is 11.8. The Labute approximate surface area is 349 Å². The zero-order chi connectivity index (χ0) is 37.7. The monoisotopic (exact) mass is 852 g/mol. The molecule has 0 aliphatic heterocycles. The summed E-state index contributed by atoms with van der Waals surface area (Å²) in [6.07, 6.45) is 9.06. The number of benzene rings is 6. The van der Waals surface area contributed by atoms with Gasteiger partial charge < -0.3 is 0 Å². The van der Waals surface area contributed by atoms with Crippen LogP contribution in [0.1, 0.15) is 99.7 Å². The molecule has 6 aromatic rings. The Morgan fingerprint density at radius 3 is 1.34 bits per heavy atom. The first-order chi connectivity index (χ1) is 25.9. The van der Waals surface area contributed by atoms with Crippen LogP contribution in [-0.4, -0.2) is 4.21 Å². The Morgan fingerprint density at radius 1 is 0.518 bits per heavy atom. The van der Waals surface area contributed by atoms with Gasteiger partial charge in [-0.3, -0.25) is 0 Å². The Bertz CT molecular complexity index is 2280. The maximum atomic E-state index is 6.18. The van der Waals surface area contributed by atoms with Crippen LogP contribution < -0.4 is 3.27 Å². The molecule has 286 valence electrons. The van der Waals surface area contributed by atoms with Crippen molar-refractivity contribution in [2.75, 3.05) is 0 Å². The van der Waals surface area contributed by atoms with Crippen LogP contribution in [0.25, 0.3) is 11.1 Å². The van der Waals surface area contributed by atoms with Gasteiger partial charge in [-0.15, -0.1) is 24.8 Å². The molecule has 0 saturated heterocycles. The molecule has 0 radical (unpaired) electrons. The molecule has 0 nitrogen and oxygen atoms in total. The number of fused-ring (bicyclic) bond motifs is 3. The predicted molar refractivity (Wildman–Crippen MR) is 245 cm³/mol. The molecular weight excluding hydrogens is 799 g/mol. The van der Waals surface area contributed by atoms with Gasteiger partial charge in [-0.05, 0) is 0 Å². The van der Waals surface area contributed by atoms with Crippen LogP contribution in [0.2, 0.25) is 0 Å². The molecule has 6 aromatic carbocycles. The fourth-order valence-corrected chi connectivity index (χ4v) is 30.7. The van der Waals surface area contributed by atoms with Crippen molar-refractivity contribution >= 4 is 32.3 Å². The normalized spacial score (nSPS) is 13.8. The van der Waals surface area contributed by atoms with Crippen molar-refractivity contribution in [3.8, 4) is 11.1 Å². The van der Waals surface area contributed by atoms with Crippen LogP contribution >= 0.6 is 24.8 Å². The first-order valence-corrected chi connectivity index (χ1v) is 26.8. The summed E-state index contributed by atoms with van der Waals surface area (Å²) in [4.78, 5) is 0. The molecule has 0 saturated carbocycles. The molecule has 56 heavy (non-hydrogen) atoms. The maximum absolute atomic E-state index is 6.18. The van der Waals surface area contributed by atoms with Gasteiger partial charge in [0.15, 0.2) is 0 Å². The van der Waals surface area contributed by atoms with Crippen LogP contribution in [0, 0.1) is 0 Å². The van der Waals surface area contributed by atoms with Gasteiger partial charge in [0, 0.05) is 0 Å². The Hall–Kier alpha value is -3.87. The van der Waals surface area contributed by atoms with Gasteiger partial charge in [0.05, 0.1) is 0 Å². The van der Waals surface area contributed by atoms with E-state index >= 15 is 0 Å². The van der Waals surface area contributed by atoms with Crippen LogP contribution in [-0.2, 0) is 35.5 Å². The molecule has 0 spiro atoms. The van der Waals surface area contributed by atoms with Crippen LogP contribution in [0.3, 0.4) is 0 Å². The summed E-state index contributed by atoms with van der Waals surface area (Å²) < 4.78 is 9.38. The van der Waals surface area contributed by atoms with Crippen molar-refractivity contribution in [2.24, 2.45) is 0 Å². The van der Waals surface area contributed by atoms with E-state index in [0.29, 0.717) is 0 Å². The van der Waals surface area contributed by atoms with E-state index in [0.717, 1.165) is 12.8 Å². The van der Waals surface area contributed by atoms with Crippen molar-refractivity contribution in [1.82, 2.24) is 0 Å². The van der Waals surface area contributed by atoms with Crippen molar-refractivity contribution < 1.29 is 18.3 Å². The third-order valence-corrected chi connectivity index (χ3v) is 31.4. The third-order valence-electron chi connectivity index (χ3n) is 12.8. The van der Waals surface area contributed by atoms with E-state index in [1.54, 1.807) is 3.28 Å². The summed E-state index contributed by atoms with van der Waals surface area (Å²) in [7, 11) is 0. The van der Waals surface area contributed by atoms with Crippen LogP contribution in [0.15, 0.2) is 173 Å². The molecule has 3 heteroatoms. The van der Waals surface area contributed by atoms with Crippen molar-refractivity contribution in [3.05, 3.63) is 218 Å². The second-order valence-electron chi connectivity index (χ2n) is 18.1. The summed E-state index contributed by atoms with van der Waals surface area (Å²) in [6.45, 7) is 14.2. The minimum absolute atomic E-state index is 0. The molecule has 0 atom stereocenters. The number of allylic oxidation sites excluding steroid dienone is 4. The van der Waals surface area contributed by atoms with Gasteiger partial charge in [-0.25, -0.2) is 0 Å². The van der Waals surface area contributed by atoms with Crippen LogP contribution in [0.5, 0.6) is 0 Å². The molecule has 0 heterocycles. The van der Waals surface area contributed by atoms with E-state index in [9.17, 15) is 0 Å². The topological polar surface area (TPSA) is 0 Å². The first-order valence-electron chi connectivity index (χ1n) is 19.8. The average molecular weight is 855 g/mol. The molecule has 0 aromatic heterocycles. The molecule has 0 bridgehead atoms. The second kappa shape index (κ2) is 15.8. The molecule has 2 aliphatic carbocycles. The molecule has 0 amide bonds. The zero-order valence-electron chi connectivity index (χ0n) is 33.8. The fraction of sp³-hybridized carbons (Fsp3) is 0.226. The molecule has 0 N–H and O–H groups in total. The molecular formula is C53H56Cl2Zr. The number of rotatable bonds is 8. The summed E-state index contributed by atoms with van der Waals surface area (Å²) in [5, 5.41) is 0. The van der Waals surface area contributed by atoms with E-state index in [2.05, 4.69) is 211 Å². The van der Waals surface area contributed by atoms with Gasteiger partial charge in [-0.1, -0.05) is 0 Å². The first kappa shape index (κ1) is 41.8. The Morgan fingerprint density at radius 2 is 0.946 bits per heavy atom. The van der Waals surface area contributed by atoms with Gasteiger partial charge in [0.2, 0.25) is 0 Å². The number of hydrogen-bond donors (Lipinski definition) is 0. The van der Waals surface area contributed by atoms with E-state index < -0.39 is 18.3 Å². The zero-order valence-corrected chi connectivity index (χ0v) is 37.8. The molecule has 0 fully saturated rings. The standard InChI is InChI=1S/C21H25.2C13H11.C5H5.CH2.2ClH.Zr/c1-20(2,3)16-9-7-14-11-15-8-10-17(21(4,5)6)13-19(15)18(14)12-16;2*1-3-7-12(8-4-1)11-13-9-5-2-6-10-13;1-2-4-5-3-1;;;;/h7,9-10,12-13H,11H2,1-6H3;2*1-11H;1-3H,4H2;1H2;2*1H;. The second-order valence-corrected chi connectivity index (χ2v) is 31.8. The van der Waals surface area contributed by atoms with Crippen molar-refractivity contribution in [2.45, 2.75) is 72.5 Å². The summed E-state index contributed by atoms with van der Waals surface area (Å²) in [5.41, 5.74) is 13.9. The van der Waals surface area contributed by atoms with Crippen LogP contribution in [0.4, 0.5) is 0 Å². The summed E-state index contributed by atoms with van der Waals surface area (Å²) in [6, 6.07) is 58.3. The molecule has 2 aliphatic rings. The van der Waals surface area contributed by atoms with E-state index in [4.69, 9.17) is 4.21 Å². The summed E-state index contributed by atoms with van der Waals surface area (Å²) >= 11 is -5.34. The minimum atomic E-state index is -5.34. The van der Waals surface area contributed by atoms with E-state index in [-0.39, 0.29) is 42.9 Å². The van der Waals surface area contributed by atoms with Crippen molar-refractivity contribution in [1.29, 1.82) is 0 Å². The van der Waals surface area contributed by atoms with Gasteiger partial charge >= 0.3 is 327 Å². The average Bonchev–Trinajstić information content (AvgIpc) is 3.85. The third kappa shape index (κ3) is 6.93. The van der Waals surface area contributed by atoms with E-state index in [1.165, 1.54) is 58.9 Å². The van der Waals surface area contributed by atoms with Gasteiger partial charge in [0.25, 0.3) is 0 Å². The van der Waals surface area contributed by atoms with Gasteiger partial charge in [-0.2, -0.15) is 0 Å². The number of hydrogen-bond acceptors (Lipinski definition) is 0. The number of halogens is 2. The van der Waals surface area contributed by atoms with Gasteiger partial charge in [0.1, 0.15) is 0 Å². The van der Waals surface area contributed by atoms with Crippen molar-refractivity contribution in [3.63, 3.8) is 0 Å². The summed E-state index contributed by atoms with van der Waals surface area (Å²) in [5.74, 6) is 0. The molecule has 8 rings (SSSR count). The fourth-order valence-electron chi connectivity index (χ4n) is 10.1. The molecule has 0 unspecified atom stereocenters. The predicted octanol–water partition coefficient (Wildman–Crippen LogP) is 13.9. The Balaban J connectivity index is 0.00000266. The van der Waals surface area contributed by atoms with E-state index in [1.807, 2.05) is 0 Å².